The summed E-state index contributed by atoms with van der Waals surface area (Å²) in [5.41, 5.74) is 7.30. The van der Waals surface area contributed by atoms with Gasteiger partial charge in [0.05, 0.1) is 11.9 Å². The number of anilines is 1. The van der Waals surface area contributed by atoms with Crippen LogP contribution >= 0.6 is 0 Å². The molecule has 4 rings (SSSR count). The predicted molar refractivity (Wildman–Crippen MR) is 88.5 cm³/mol. The van der Waals surface area contributed by atoms with E-state index in [9.17, 15) is 13.2 Å². The maximum absolute atomic E-state index is 13.6. The third kappa shape index (κ3) is 3.19. The molecule has 3 N–H and O–H groups in total. The Morgan fingerprint density at radius 3 is 2.64 bits per heavy atom. The Kier molecular flexibility index (Phi) is 3.90. The van der Waals surface area contributed by atoms with E-state index in [-0.39, 0.29) is 23.7 Å². The molecule has 2 aliphatic rings. The molecule has 0 aromatic carbocycles. The molecule has 0 amide bonds. The highest BCUT2D eigenvalue weighted by atomic mass is 19.4. The fraction of sp³-hybridized carbons (Fsp3) is 0.647. The van der Waals surface area contributed by atoms with Crippen LogP contribution in [-0.4, -0.2) is 32.9 Å². The van der Waals surface area contributed by atoms with Crippen LogP contribution in [0.1, 0.15) is 49.3 Å². The quantitative estimate of drug-likeness (QED) is 0.884. The molecule has 8 heteroatoms. The molecule has 1 unspecified atom stereocenters. The minimum Gasteiger partial charge on any atom is -0.367 e. The molecule has 2 aromatic heterocycles. The number of rotatable bonds is 4. The van der Waals surface area contributed by atoms with Crippen LogP contribution in [0, 0.1) is 12.8 Å². The third-order valence-electron chi connectivity index (χ3n) is 5.26. The van der Waals surface area contributed by atoms with Crippen LogP contribution < -0.4 is 11.1 Å². The van der Waals surface area contributed by atoms with Crippen molar-refractivity contribution >= 4 is 11.5 Å². The molecule has 0 saturated heterocycles. The van der Waals surface area contributed by atoms with Crippen LogP contribution in [0.3, 0.4) is 0 Å². The second-order valence-corrected chi connectivity index (χ2v) is 7.40. The standard InChI is InChI=1S/C17H22F3N5/c1-9-8-22-25-14(23-12-5-4-11(21)6-12)7-13(24-16(9)25)15(10-2-3-10)17(18,19)20/h7-8,10-12,15,23H,2-6,21H2,1H3/t11-,12-,15?/m0/s1. The van der Waals surface area contributed by atoms with Crippen LogP contribution in [0.4, 0.5) is 19.0 Å². The van der Waals surface area contributed by atoms with Crippen molar-refractivity contribution in [1.82, 2.24) is 14.6 Å². The number of nitrogens with one attached hydrogen (secondary N) is 1. The van der Waals surface area contributed by atoms with Crippen molar-refractivity contribution in [3.8, 4) is 0 Å². The van der Waals surface area contributed by atoms with E-state index in [4.69, 9.17) is 5.73 Å². The lowest BCUT2D eigenvalue weighted by atomic mass is 9.98. The van der Waals surface area contributed by atoms with E-state index in [1.807, 2.05) is 6.92 Å². The minimum atomic E-state index is -4.28. The number of halogens is 3. The topological polar surface area (TPSA) is 68.2 Å². The Bertz CT molecular complexity index is 780. The third-order valence-corrected chi connectivity index (χ3v) is 5.26. The fourth-order valence-corrected chi connectivity index (χ4v) is 3.82. The van der Waals surface area contributed by atoms with E-state index >= 15 is 0 Å². The van der Waals surface area contributed by atoms with Gasteiger partial charge in [-0.15, -0.1) is 0 Å². The van der Waals surface area contributed by atoms with E-state index in [0.717, 1.165) is 24.8 Å². The molecule has 136 valence electrons. The first-order chi connectivity index (χ1) is 11.8. The minimum absolute atomic E-state index is 0.0934. The van der Waals surface area contributed by atoms with Gasteiger partial charge in [0.2, 0.25) is 0 Å². The van der Waals surface area contributed by atoms with Crippen molar-refractivity contribution in [3.05, 3.63) is 23.5 Å². The summed E-state index contributed by atoms with van der Waals surface area (Å²) in [6.45, 7) is 1.81. The van der Waals surface area contributed by atoms with Gasteiger partial charge >= 0.3 is 6.18 Å². The van der Waals surface area contributed by atoms with E-state index in [0.29, 0.717) is 24.3 Å². The molecule has 0 bridgehead atoms. The summed E-state index contributed by atoms with van der Waals surface area (Å²) < 4.78 is 42.4. The summed E-state index contributed by atoms with van der Waals surface area (Å²) in [5.74, 6) is -1.29. The van der Waals surface area contributed by atoms with Crippen molar-refractivity contribution in [3.63, 3.8) is 0 Å². The Hall–Kier alpha value is -1.83. The average Bonchev–Trinajstić information content (AvgIpc) is 3.14. The van der Waals surface area contributed by atoms with Crippen LogP contribution in [0.5, 0.6) is 0 Å². The monoisotopic (exact) mass is 353 g/mol. The number of fused-ring (bicyclic) bond motifs is 1. The Balaban J connectivity index is 1.76. The van der Waals surface area contributed by atoms with Crippen molar-refractivity contribution in [2.75, 3.05) is 5.32 Å². The van der Waals surface area contributed by atoms with Crippen molar-refractivity contribution in [2.24, 2.45) is 11.7 Å². The van der Waals surface area contributed by atoms with Crippen molar-refractivity contribution < 1.29 is 13.2 Å². The van der Waals surface area contributed by atoms with Crippen LogP contribution in [-0.2, 0) is 0 Å². The molecule has 2 fully saturated rings. The molecule has 2 aliphatic carbocycles. The SMILES string of the molecule is Cc1cnn2c(N[C@H]3CC[C@H](N)C3)cc(C(C3CC3)C(F)(F)F)nc12. The number of aryl methyl sites for hydroxylation is 1. The molecule has 2 aromatic rings. The zero-order valence-corrected chi connectivity index (χ0v) is 14.1. The summed E-state index contributed by atoms with van der Waals surface area (Å²) in [5, 5.41) is 7.63. The zero-order chi connectivity index (χ0) is 17.8. The zero-order valence-electron chi connectivity index (χ0n) is 14.1. The molecule has 5 nitrogen and oxygen atoms in total. The van der Waals surface area contributed by atoms with Crippen molar-refractivity contribution in [2.45, 2.75) is 63.2 Å². The summed E-state index contributed by atoms with van der Waals surface area (Å²) in [7, 11) is 0. The molecule has 2 saturated carbocycles. The maximum Gasteiger partial charge on any atom is 0.397 e. The second-order valence-electron chi connectivity index (χ2n) is 7.40. The Labute approximate surface area is 143 Å². The highest BCUT2D eigenvalue weighted by Gasteiger charge is 2.50. The Morgan fingerprint density at radius 1 is 1.28 bits per heavy atom. The fourth-order valence-electron chi connectivity index (χ4n) is 3.82. The number of nitrogens with zero attached hydrogens (tertiary/aromatic N) is 3. The van der Waals surface area contributed by atoms with Gasteiger partial charge in [0.25, 0.3) is 0 Å². The van der Waals surface area contributed by atoms with Crippen LogP contribution in [0.25, 0.3) is 5.65 Å². The van der Waals surface area contributed by atoms with Gasteiger partial charge in [-0.05, 0) is 44.9 Å². The summed E-state index contributed by atoms with van der Waals surface area (Å²) in [4.78, 5) is 4.33. The highest BCUT2D eigenvalue weighted by Crippen LogP contribution is 2.50. The molecule has 25 heavy (non-hydrogen) atoms. The van der Waals surface area contributed by atoms with Gasteiger partial charge in [-0.1, -0.05) is 0 Å². The van der Waals surface area contributed by atoms with Gasteiger partial charge in [-0.3, -0.25) is 0 Å². The van der Waals surface area contributed by atoms with Gasteiger partial charge in [0, 0.05) is 23.7 Å². The average molecular weight is 353 g/mol. The van der Waals surface area contributed by atoms with Gasteiger partial charge < -0.3 is 11.1 Å². The molecule has 0 spiro atoms. The predicted octanol–water partition coefficient (Wildman–Crippen LogP) is 3.39. The molecule has 2 heterocycles. The highest BCUT2D eigenvalue weighted by molar-refractivity contribution is 5.55. The first-order valence-electron chi connectivity index (χ1n) is 8.77. The summed E-state index contributed by atoms with van der Waals surface area (Å²) in [6.07, 6.45) is 1.20. The number of hydrogen-bond donors (Lipinski definition) is 2. The lowest BCUT2D eigenvalue weighted by Gasteiger charge is -2.22. The normalized spacial score (nSPS) is 25.5. The van der Waals surface area contributed by atoms with Crippen LogP contribution in [0.2, 0.25) is 0 Å². The molecular formula is C17H22F3N5. The maximum atomic E-state index is 13.6. The van der Waals surface area contributed by atoms with Gasteiger partial charge in [0.15, 0.2) is 5.65 Å². The smallest absolute Gasteiger partial charge is 0.367 e. The lowest BCUT2D eigenvalue weighted by Crippen LogP contribution is -2.25. The first-order valence-corrected chi connectivity index (χ1v) is 8.77. The molecular weight excluding hydrogens is 331 g/mol. The number of nitrogens with two attached hydrogens (primary N) is 1. The van der Waals surface area contributed by atoms with Gasteiger partial charge in [-0.25, -0.2) is 4.98 Å². The van der Waals surface area contributed by atoms with Crippen molar-refractivity contribution in [1.29, 1.82) is 0 Å². The van der Waals surface area contributed by atoms with Crippen LogP contribution in [0.15, 0.2) is 12.3 Å². The number of aromatic nitrogens is 3. The second kappa shape index (κ2) is 5.86. The van der Waals surface area contributed by atoms with E-state index < -0.39 is 12.1 Å². The van der Waals surface area contributed by atoms with E-state index in [1.54, 1.807) is 10.7 Å². The van der Waals surface area contributed by atoms with E-state index in [1.165, 1.54) is 6.07 Å². The first kappa shape index (κ1) is 16.6. The largest absolute Gasteiger partial charge is 0.397 e. The molecule has 0 aliphatic heterocycles. The molecule has 3 atom stereocenters. The molecule has 0 radical (unpaired) electrons. The van der Waals surface area contributed by atoms with Gasteiger partial charge in [-0.2, -0.15) is 22.8 Å². The van der Waals surface area contributed by atoms with Gasteiger partial charge in [0.1, 0.15) is 11.7 Å². The summed E-state index contributed by atoms with van der Waals surface area (Å²) >= 11 is 0. The Morgan fingerprint density at radius 2 is 2.04 bits per heavy atom. The van der Waals surface area contributed by atoms with E-state index in [2.05, 4.69) is 15.4 Å². The number of hydrogen-bond acceptors (Lipinski definition) is 4. The summed E-state index contributed by atoms with van der Waals surface area (Å²) in [6, 6.07) is 1.83. The number of alkyl halides is 3. The lowest BCUT2D eigenvalue weighted by molar-refractivity contribution is -0.155.